The van der Waals surface area contributed by atoms with Gasteiger partial charge < -0.3 is 11.5 Å². The van der Waals surface area contributed by atoms with Crippen LogP contribution in [-0.4, -0.2) is 16.7 Å². The fraction of sp³-hybridized carbons (Fsp3) is 0.0833. The molecule has 0 atom stereocenters. The van der Waals surface area contributed by atoms with Gasteiger partial charge in [0, 0.05) is 21.8 Å². The lowest BCUT2D eigenvalue weighted by Crippen LogP contribution is -2.21. The highest BCUT2D eigenvalue weighted by molar-refractivity contribution is 7.13. The van der Waals surface area contributed by atoms with E-state index in [2.05, 4.69) is 9.98 Å². The van der Waals surface area contributed by atoms with Crippen molar-refractivity contribution < 1.29 is 4.79 Å². The maximum Gasteiger partial charge on any atom is 0.212 e. The van der Waals surface area contributed by atoms with E-state index in [9.17, 15) is 4.79 Å². The summed E-state index contributed by atoms with van der Waals surface area (Å²) in [6.07, 6.45) is 0.158. The Morgan fingerprint density at radius 2 is 1.90 bits per heavy atom. The van der Waals surface area contributed by atoms with Crippen molar-refractivity contribution in [2.24, 2.45) is 16.5 Å². The zero-order chi connectivity index (χ0) is 14.7. The SMILES string of the molecule is NC(N)=Nc1nc(C(=O)Cc2cc(Cl)cc(Cl)c2)cs1. The Hall–Kier alpha value is -1.63. The summed E-state index contributed by atoms with van der Waals surface area (Å²) < 4.78 is 0. The zero-order valence-electron chi connectivity index (χ0n) is 10.1. The molecule has 1 aromatic heterocycles. The van der Waals surface area contributed by atoms with Crippen LogP contribution in [0.2, 0.25) is 10.0 Å². The molecule has 0 unspecified atom stereocenters. The summed E-state index contributed by atoms with van der Waals surface area (Å²) in [4.78, 5) is 19.9. The predicted octanol–water partition coefficient (Wildman–Crippen LogP) is 2.78. The molecule has 2 aromatic rings. The number of hydrogen-bond acceptors (Lipinski definition) is 4. The molecule has 0 amide bonds. The molecule has 0 fully saturated rings. The van der Waals surface area contributed by atoms with Crippen LogP contribution in [0.3, 0.4) is 0 Å². The smallest absolute Gasteiger partial charge is 0.212 e. The number of benzene rings is 1. The van der Waals surface area contributed by atoms with Gasteiger partial charge in [-0.25, -0.2) is 4.98 Å². The Bertz CT molecular complexity index is 660. The predicted molar refractivity (Wildman–Crippen MR) is 82.1 cm³/mol. The van der Waals surface area contributed by atoms with Crippen LogP contribution < -0.4 is 11.5 Å². The third-order valence-electron chi connectivity index (χ3n) is 2.29. The van der Waals surface area contributed by atoms with Gasteiger partial charge in [-0.2, -0.15) is 4.99 Å². The molecule has 1 aromatic carbocycles. The summed E-state index contributed by atoms with van der Waals surface area (Å²) in [5.74, 6) is -0.253. The van der Waals surface area contributed by atoms with Crippen LogP contribution in [0.4, 0.5) is 5.13 Å². The average Bonchev–Trinajstić information content (AvgIpc) is 2.75. The van der Waals surface area contributed by atoms with Gasteiger partial charge in [-0.05, 0) is 23.8 Å². The van der Waals surface area contributed by atoms with Crippen molar-refractivity contribution >= 4 is 51.4 Å². The molecule has 0 aliphatic carbocycles. The third-order valence-corrected chi connectivity index (χ3v) is 3.46. The minimum atomic E-state index is -0.156. The lowest BCUT2D eigenvalue weighted by molar-refractivity contribution is 0.0989. The molecule has 0 aliphatic heterocycles. The van der Waals surface area contributed by atoms with E-state index in [0.29, 0.717) is 20.9 Å². The molecular formula is C12H10Cl2N4OS. The largest absolute Gasteiger partial charge is 0.370 e. The highest BCUT2D eigenvalue weighted by atomic mass is 35.5. The number of hydrogen-bond donors (Lipinski definition) is 2. The first-order chi connectivity index (χ1) is 9.44. The number of guanidine groups is 1. The summed E-state index contributed by atoms with van der Waals surface area (Å²) in [5, 5.41) is 2.92. The second kappa shape index (κ2) is 6.21. The van der Waals surface area contributed by atoms with Gasteiger partial charge in [0.15, 0.2) is 11.7 Å². The molecule has 0 saturated carbocycles. The van der Waals surface area contributed by atoms with Gasteiger partial charge in [-0.1, -0.05) is 23.2 Å². The first-order valence-electron chi connectivity index (χ1n) is 5.47. The Labute approximate surface area is 129 Å². The first kappa shape index (κ1) is 14.8. The fourth-order valence-corrected chi connectivity index (χ4v) is 2.82. The van der Waals surface area contributed by atoms with Crippen LogP contribution in [0.15, 0.2) is 28.6 Å². The van der Waals surface area contributed by atoms with Crippen molar-refractivity contribution in [2.45, 2.75) is 6.42 Å². The van der Waals surface area contributed by atoms with Crippen molar-refractivity contribution in [3.63, 3.8) is 0 Å². The van der Waals surface area contributed by atoms with E-state index < -0.39 is 0 Å². The number of nitrogens with two attached hydrogens (primary N) is 2. The quantitative estimate of drug-likeness (QED) is 0.512. The summed E-state index contributed by atoms with van der Waals surface area (Å²) in [7, 11) is 0. The molecule has 4 N–H and O–H groups in total. The summed E-state index contributed by atoms with van der Waals surface area (Å²) in [6.45, 7) is 0. The van der Waals surface area contributed by atoms with Gasteiger partial charge in [0.05, 0.1) is 0 Å². The Morgan fingerprint density at radius 1 is 1.25 bits per heavy atom. The molecule has 0 saturated heterocycles. The van der Waals surface area contributed by atoms with Gasteiger partial charge in [0.25, 0.3) is 0 Å². The number of halogens is 2. The van der Waals surface area contributed by atoms with Crippen molar-refractivity contribution in [3.05, 3.63) is 44.9 Å². The van der Waals surface area contributed by atoms with Crippen molar-refractivity contribution in [1.82, 2.24) is 4.98 Å². The molecule has 104 valence electrons. The van der Waals surface area contributed by atoms with Crippen LogP contribution in [0.25, 0.3) is 0 Å². The molecule has 0 radical (unpaired) electrons. The van der Waals surface area contributed by atoms with E-state index in [1.165, 1.54) is 11.3 Å². The van der Waals surface area contributed by atoms with Crippen LogP contribution in [0.1, 0.15) is 16.1 Å². The molecule has 8 heteroatoms. The molecule has 0 spiro atoms. The first-order valence-corrected chi connectivity index (χ1v) is 7.11. The maximum absolute atomic E-state index is 12.1. The standard InChI is InChI=1S/C12H10Cl2N4OS/c13-7-1-6(2-8(14)4-7)3-10(19)9-5-20-12(17-9)18-11(15)16/h1-2,4-5H,3H2,(H4,15,16,17,18). The van der Waals surface area contributed by atoms with E-state index in [1.807, 2.05) is 0 Å². The maximum atomic E-state index is 12.1. The van der Waals surface area contributed by atoms with Crippen LogP contribution >= 0.6 is 34.5 Å². The summed E-state index contributed by atoms with van der Waals surface area (Å²) in [5.41, 5.74) is 11.5. The molecule has 5 nitrogen and oxygen atoms in total. The number of aliphatic imine (C=N–C) groups is 1. The summed E-state index contributed by atoms with van der Waals surface area (Å²) >= 11 is 13.0. The second-order valence-corrected chi connectivity index (χ2v) is 5.64. The normalized spacial score (nSPS) is 10.3. The van der Waals surface area contributed by atoms with E-state index >= 15 is 0 Å². The van der Waals surface area contributed by atoms with Crippen molar-refractivity contribution in [2.75, 3.05) is 0 Å². The van der Waals surface area contributed by atoms with Crippen molar-refractivity contribution in [1.29, 1.82) is 0 Å². The van der Waals surface area contributed by atoms with Crippen LogP contribution in [0, 0.1) is 0 Å². The minimum Gasteiger partial charge on any atom is -0.370 e. The number of carbonyl (C=O) groups is 1. The second-order valence-electron chi connectivity index (χ2n) is 3.93. The van der Waals surface area contributed by atoms with Gasteiger partial charge >= 0.3 is 0 Å². The fourth-order valence-electron chi connectivity index (χ4n) is 1.54. The third kappa shape index (κ3) is 3.93. The highest BCUT2D eigenvalue weighted by Crippen LogP contribution is 2.22. The lowest BCUT2D eigenvalue weighted by atomic mass is 10.1. The number of ketones is 1. The Balaban J connectivity index is 2.15. The Kier molecular flexibility index (Phi) is 4.59. The molecular weight excluding hydrogens is 319 g/mol. The van der Waals surface area contributed by atoms with Crippen molar-refractivity contribution in [3.8, 4) is 0 Å². The molecule has 2 rings (SSSR count). The molecule has 0 bridgehead atoms. The van der Waals surface area contributed by atoms with E-state index in [4.69, 9.17) is 34.7 Å². The van der Waals surface area contributed by atoms with Gasteiger partial charge in [0.2, 0.25) is 5.13 Å². The zero-order valence-corrected chi connectivity index (χ0v) is 12.5. The van der Waals surface area contributed by atoms with Gasteiger partial charge in [-0.3, -0.25) is 4.79 Å². The number of aromatic nitrogens is 1. The number of rotatable bonds is 4. The number of Topliss-reactive ketones (excluding diaryl/α,β-unsaturated/α-hetero) is 1. The van der Waals surface area contributed by atoms with Gasteiger partial charge in [0.1, 0.15) is 5.69 Å². The number of carbonyl (C=O) groups excluding carboxylic acids is 1. The van der Waals surface area contributed by atoms with E-state index in [-0.39, 0.29) is 18.2 Å². The molecule has 1 heterocycles. The molecule has 0 aliphatic rings. The van der Waals surface area contributed by atoms with Crippen LogP contribution in [0.5, 0.6) is 0 Å². The van der Waals surface area contributed by atoms with E-state index in [1.54, 1.807) is 23.6 Å². The number of thiazole rings is 1. The highest BCUT2D eigenvalue weighted by Gasteiger charge is 2.12. The lowest BCUT2D eigenvalue weighted by Gasteiger charge is -2.01. The average molecular weight is 329 g/mol. The molecule has 20 heavy (non-hydrogen) atoms. The van der Waals surface area contributed by atoms with Gasteiger partial charge in [-0.15, -0.1) is 11.3 Å². The monoisotopic (exact) mass is 328 g/mol. The topological polar surface area (TPSA) is 94.4 Å². The van der Waals surface area contributed by atoms with Crippen LogP contribution in [-0.2, 0) is 6.42 Å². The minimum absolute atomic E-state index is 0.0972. The Morgan fingerprint density at radius 3 is 2.50 bits per heavy atom. The number of nitrogens with zero attached hydrogens (tertiary/aromatic N) is 2. The summed E-state index contributed by atoms with van der Waals surface area (Å²) in [6, 6.07) is 4.99. The van der Waals surface area contributed by atoms with E-state index in [0.717, 1.165) is 5.56 Å².